The van der Waals surface area contributed by atoms with Gasteiger partial charge >= 0.3 is 0 Å². The summed E-state index contributed by atoms with van der Waals surface area (Å²) in [5.74, 6) is 2.41. The highest BCUT2D eigenvalue weighted by Crippen LogP contribution is 2.37. The lowest BCUT2D eigenvalue weighted by Crippen LogP contribution is -2.30. The van der Waals surface area contributed by atoms with Crippen molar-refractivity contribution in [2.45, 2.75) is 31.7 Å². The third-order valence-electron chi connectivity index (χ3n) is 4.82. The van der Waals surface area contributed by atoms with E-state index in [-0.39, 0.29) is 0 Å². The van der Waals surface area contributed by atoms with Crippen LogP contribution in [0.4, 0.5) is 5.95 Å². The van der Waals surface area contributed by atoms with Crippen LogP contribution < -0.4 is 9.64 Å². The lowest BCUT2D eigenvalue weighted by atomic mass is 9.91. The summed E-state index contributed by atoms with van der Waals surface area (Å²) in [5, 5.41) is 8.46. The smallest absolute Gasteiger partial charge is 0.246 e. The zero-order chi connectivity index (χ0) is 14.9. The summed E-state index contributed by atoms with van der Waals surface area (Å²) in [6.45, 7) is 1.08. The molecule has 2 aromatic rings. The Morgan fingerprint density at radius 2 is 2.23 bits per heavy atom. The molecule has 5 nitrogen and oxygen atoms in total. The lowest BCUT2D eigenvalue weighted by molar-refractivity contribution is 0.414. The number of aromatic nitrogens is 3. The highest BCUT2D eigenvalue weighted by atomic mass is 16.5. The molecule has 2 heterocycles. The zero-order valence-corrected chi connectivity index (χ0v) is 12.8. The summed E-state index contributed by atoms with van der Waals surface area (Å²) in [5.41, 5.74) is 1.86. The van der Waals surface area contributed by atoms with Crippen molar-refractivity contribution in [2.24, 2.45) is 5.92 Å². The van der Waals surface area contributed by atoms with Gasteiger partial charge in [-0.15, -0.1) is 5.10 Å². The first-order valence-corrected chi connectivity index (χ1v) is 7.94. The molecule has 5 heteroatoms. The van der Waals surface area contributed by atoms with Gasteiger partial charge in [-0.1, -0.05) is 18.6 Å². The molecule has 1 aliphatic heterocycles. The van der Waals surface area contributed by atoms with Crippen LogP contribution in [-0.2, 0) is 0 Å². The van der Waals surface area contributed by atoms with Crippen LogP contribution >= 0.6 is 0 Å². The Morgan fingerprint density at radius 3 is 3.09 bits per heavy atom. The Morgan fingerprint density at radius 1 is 1.27 bits per heavy atom. The summed E-state index contributed by atoms with van der Waals surface area (Å²) in [7, 11) is 1.67. The second-order valence-corrected chi connectivity index (χ2v) is 6.21. The first-order chi connectivity index (χ1) is 10.8. The fourth-order valence-corrected chi connectivity index (χ4v) is 3.72. The molecule has 1 saturated heterocycles. The van der Waals surface area contributed by atoms with E-state index in [1.54, 1.807) is 13.3 Å². The fourth-order valence-electron chi connectivity index (χ4n) is 3.72. The summed E-state index contributed by atoms with van der Waals surface area (Å²) in [6.07, 6.45) is 6.93. The van der Waals surface area contributed by atoms with Gasteiger partial charge < -0.3 is 9.64 Å². The molecule has 1 aromatic heterocycles. The molecule has 2 bridgehead atoms. The molecule has 1 aromatic carbocycles. The van der Waals surface area contributed by atoms with Crippen molar-refractivity contribution < 1.29 is 4.74 Å². The van der Waals surface area contributed by atoms with Crippen LogP contribution in [0, 0.1) is 5.92 Å². The summed E-state index contributed by atoms with van der Waals surface area (Å²) < 4.78 is 5.29. The highest BCUT2D eigenvalue weighted by molar-refractivity contribution is 5.61. The van der Waals surface area contributed by atoms with Crippen LogP contribution in [0.15, 0.2) is 30.5 Å². The minimum absolute atomic E-state index is 0.598. The molecular formula is C17H20N4O. The van der Waals surface area contributed by atoms with Crippen molar-refractivity contribution in [2.75, 3.05) is 18.6 Å². The topological polar surface area (TPSA) is 51.1 Å². The average molecular weight is 296 g/mol. The largest absolute Gasteiger partial charge is 0.497 e. The second kappa shape index (κ2) is 5.55. The van der Waals surface area contributed by atoms with E-state index in [0.717, 1.165) is 35.4 Å². The number of methoxy groups -OCH3 is 1. The number of rotatable bonds is 3. The van der Waals surface area contributed by atoms with Crippen molar-refractivity contribution in [1.82, 2.24) is 15.2 Å². The molecule has 0 N–H and O–H groups in total. The average Bonchev–Trinajstić information content (AvgIpc) is 2.89. The van der Waals surface area contributed by atoms with Crippen LogP contribution in [0.3, 0.4) is 0 Å². The summed E-state index contributed by atoms with van der Waals surface area (Å²) in [4.78, 5) is 7.11. The molecule has 1 saturated carbocycles. The molecular weight excluding hydrogens is 276 g/mol. The maximum Gasteiger partial charge on any atom is 0.246 e. The highest BCUT2D eigenvalue weighted by Gasteiger charge is 2.36. The monoisotopic (exact) mass is 296 g/mol. The van der Waals surface area contributed by atoms with E-state index >= 15 is 0 Å². The molecule has 114 valence electrons. The van der Waals surface area contributed by atoms with Crippen LogP contribution in [0.25, 0.3) is 11.3 Å². The minimum Gasteiger partial charge on any atom is -0.497 e. The number of hydrogen-bond donors (Lipinski definition) is 0. The first kappa shape index (κ1) is 13.5. The Balaban J connectivity index is 1.65. The van der Waals surface area contributed by atoms with Crippen LogP contribution in [0.2, 0.25) is 0 Å². The number of anilines is 1. The second-order valence-electron chi connectivity index (χ2n) is 6.21. The van der Waals surface area contributed by atoms with Crippen LogP contribution in [0.1, 0.15) is 25.7 Å². The van der Waals surface area contributed by atoms with Crippen molar-refractivity contribution in [3.8, 4) is 17.0 Å². The number of benzene rings is 1. The Kier molecular flexibility index (Phi) is 3.41. The van der Waals surface area contributed by atoms with Gasteiger partial charge in [0, 0.05) is 18.2 Å². The zero-order valence-electron chi connectivity index (χ0n) is 12.8. The predicted molar refractivity (Wildman–Crippen MR) is 84.9 cm³/mol. The quantitative estimate of drug-likeness (QED) is 0.871. The summed E-state index contributed by atoms with van der Waals surface area (Å²) >= 11 is 0. The maximum absolute atomic E-state index is 5.29. The van der Waals surface area contributed by atoms with E-state index in [2.05, 4.69) is 15.1 Å². The normalized spacial score (nSPS) is 23.6. The number of nitrogens with zero attached hydrogens (tertiary/aromatic N) is 4. The van der Waals surface area contributed by atoms with Gasteiger partial charge in [0.15, 0.2) is 0 Å². The van der Waals surface area contributed by atoms with Crippen LogP contribution in [-0.4, -0.2) is 34.9 Å². The molecule has 0 unspecified atom stereocenters. The van der Waals surface area contributed by atoms with E-state index in [9.17, 15) is 0 Å². The molecule has 4 rings (SSSR count). The van der Waals surface area contributed by atoms with Crippen LogP contribution in [0.5, 0.6) is 5.75 Å². The van der Waals surface area contributed by atoms with E-state index < -0.39 is 0 Å². The van der Waals surface area contributed by atoms with Gasteiger partial charge in [0.25, 0.3) is 0 Å². The third kappa shape index (κ3) is 2.40. The lowest BCUT2D eigenvalue weighted by Gasteiger charge is -2.24. The van der Waals surface area contributed by atoms with E-state index in [1.807, 2.05) is 24.3 Å². The Hall–Kier alpha value is -2.17. The minimum atomic E-state index is 0.598. The molecule has 0 spiro atoms. The fraction of sp³-hybridized carbons (Fsp3) is 0.471. The maximum atomic E-state index is 5.29. The molecule has 22 heavy (non-hydrogen) atoms. The number of ether oxygens (including phenoxy) is 1. The summed E-state index contributed by atoms with van der Waals surface area (Å²) in [6, 6.07) is 8.51. The number of hydrogen-bond acceptors (Lipinski definition) is 5. The van der Waals surface area contributed by atoms with Gasteiger partial charge in [0.05, 0.1) is 19.0 Å². The van der Waals surface area contributed by atoms with Crippen molar-refractivity contribution in [1.29, 1.82) is 0 Å². The van der Waals surface area contributed by atoms with Gasteiger partial charge in [0.1, 0.15) is 5.75 Å². The van der Waals surface area contributed by atoms with Gasteiger partial charge in [-0.25, -0.2) is 4.98 Å². The molecule has 0 radical (unpaired) electrons. The predicted octanol–water partition coefficient (Wildman–Crippen LogP) is 2.93. The number of fused-ring (bicyclic) bond motifs is 2. The van der Waals surface area contributed by atoms with Gasteiger partial charge in [-0.3, -0.25) is 0 Å². The van der Waals surface area contributed by atoms with E-state index in [1.165, 1.54) is 25.7 Å². The molecule has 0 amide bonds. The standard InChI is InChI=1S/C17H20N4O/c1-22-15-7-3-5-13(9-15)16-10-18-20-17(19-16)21-11-12-4-2-6-14(21)8-12/h3,5,7,9-10,12,14H,2,4,6,8,11H2,1H3/t12-,14+/m1/s1. The first-order valence-electron chi connectivity index (χ1n) is 7.94. The van der Waals surface area contributed by atoms with Crippen molar-refractivity contribution in [3.05, 3.63) is 30.5 Å². The van der Waals surface area contributed by atoms with Crippen molar-refractivity contribution in [3.63, 3.8) is 0 Å². The Bertz CT molecular complexity index is 675. The van der Waals surface area contributed by atoms with E-state index in [4.69, 9.17) is 9.72 Å². The van der Waals surface area contributed by atoms with Gasteiger partial charge in [-0.05, 0) is 37.3 Å². The van der Waals surface area contributed by atoms with Crippen molar-refractivity contribution >= 4 is 5.95 Å². The van der Waals surface area contributed by atoms with Gasteiger partial charge in [-0.2, -0.15) is 5.10 Å². The molecule has 2 atom stereocenters. The van der Waals surface area contributed by atoms with E-state index in [0.29, 0.717) is 6.04 Å². The SMILES string of the molecule is COc1cccc(-c2cnnc(N3C[C@@H]4CCC[C@H]3C4)n2)c1. The molecule has 2 fully saturated rings. The third-order valence-corrected chi connectivity index (χ3v) is 4.82. The molecule has 1 aliphatic carbocycles. The van der Waals surface area contributed by atoms with Gasteiger partial charge in [0.2, 0.25) is 5.95 Å². The Labute approximate surface area is 130 Å². The molecule has 2 aliphatic rings.